The molecular weight excluding hydrogens is 334 g/mol. The summed E-state index contributed by atoms with van der Waals surface area (Å²) >= 11 is 0. The summed E-state index contributed by atoms with van der Waals surface area (Å²) in [6.07, 6.45) is 0. The zero-order valence-electron chi connectivity index (χ0n) is 14.8. The first-order chi connectivity index (χ1) is 12.7. The van der Waals surface area contributed by atoms with E-state index in [-0.39, 0.29) is 12.3 Å². The third-order valence-electron chi connectivity index (χ3n) is 3.89. The third-order valence-corrected chi connectivity index (χ3v) is 3.89. The maximum absolute atomic E-state index is 12.2. The van der Waals surface area contributed by atoms with E-state index in [1.54, 1.807) is 21.1 Å². The number of aromatic amines is 1. The predicted octanol–water partition coefficient (Wildman–Crippen LogP) is 3.33. The summed E-state index contributed by atoms with van der Waals surface area (Å²) < 4.78 is 15.7. The topological polar surface area (TPSA) is 86.3 Å². The van der Waals surface area contributed by atoms with E-state index in [4.69, 9.17) is 14.2 Å². The number of ether oxygens (including phenoxy) is 3. The second-order valence-corrected chi connectivity index (χ2v) is 5.36. The Morgan fingerprint density at radius 1 is 1.00 bits per heavy atom. The molecule has 134 valence electrons. The van der Waals surface area contributed by atoms with Gasteiger partial charge < -0.3 is 14.2 Å². The molecule has 0 bridgehead atoms. The van der Waals surface area contributed by atoms with E-state index in [1.165, 1.54) is 0 Å². The Morgan fingerprint density at radius 3 is 2.42 bits per heavy atom. The molecule has 3 rings (SSSR count). The van der Waals surface area contributed by atoms with Crippen molar-refractivity contribution >= 4 is 5.97 Å². The molecule has 0 saturated heterocycles. The highest BCUT2D eigenvalue weighted by molar-refractivity contribution is 5.96. The largest absolute Gasteiger partial charge is 0.493 e. The van der Waals surface area contributed by atoms with Crippen molar-refractivity contribution in [3.05, 3.63) is 48.2 Å². The van der Waals surface area contributed by atoms with Gasteiger partial charge in [0.1, 0.15) is 5.69 Å². The summed E-state index contributed by atoms with van der Waals surface area (Å²) in [5, 5.41) is 10.6. The van der Waals surface area contributed by atoms with Gasteiger partial charge in [0.2, 0.25) is 0 Å². The normalized spacial score (nSPS) is 10.4. The van der Waals surface area contributed by atoms with E-state index in [0.29, 0.717) is 17.2 Å². The molecule has 0 amide bonds. The Hall–Kier alpha value is -3.35. The molecule has 0 aliphatic rings. The van der Waals surface area contributed by atoms with Gasteiger partial charge in [-0.2, -0.15) is 10.3 Å². The van der Waals surface area contributed by atoms with Gasteiger partial charge in [-0.25, -0.2) is 4.79 Å². The van der Waals surface area contributed by atoms with Crippen molar-refractivity contribution in [2.24, 2.45) is 0 Å². The van der Waals surface area contributed by atoms with E-state index in [9.17, 15) is 4.79 Å². The van der Waals surface area contributed by atoms with Crippen LogP contribution in [0.4, 0.5) is 0 Å². The number of benzene rings is 2. The average molecular weight is 353 g/mol. The van der Waals surface area contributed by atoms with Crippen molar-refractivity contribution in [2.75, 3.05) is 20.8 Å². The van der Waals surface area contributed by atoms with Crippen LogP contribution < -0.4 is 9.47 Å². The summed E-state index contributed by atoms with van der Waals surface area (Å²) in [6, 6.07) is 13.3. The second-order valence-electron chi connectivity index (χ2n) is 5.36. The summed E-state index contributed by atoms with van der Waals surface area (Å²) in [5.41, 5.74) is 3.13. The fourth-order valence-electron chi connectivity index (χ4n) is 2.71. The molecule has 1 aromatic heterocycles. The molecule has 0 spiro atoms. The van der Waals surface area contributed by atoms with Gasteiger partial charge in [0.15, 0.2) is 17.2 Å². The summed E-state index contributed by atoms with van der Waals surface area (Å²) in [5.74, 6) is 0.742. The van der Waals surface area contributed by atoms with Crippen molar-refractivity contribution in [3.8, 4) is 33.9 Å². The van der Waals surface area contributed by atoms with E-state index in [1.807, 2.05) is 42.5 Å². The monoisotopic (exact) mass is 353 g/mol. The van der Waals surface area contributed by atoms with Gasteiger partial charge in [-0.3, -0.25) is 0 Å². The number of hydrogen-bond acceptors (Lipinski definition) is 6. The van der Waals surface area contributed by atoms with Crippen LogP contribution in [0.5, 0.6) is 11.5 Å². The minimum absolute atomic E-state index is 0.153. The maximum Gasteiger partial charge on any atom is 0.361 e. The molecule has 0 unspecified atom stereocenters. The summed E-state index contributed by atoms with van der Waals surface area (Å²) in [7, 11) is 3.18. The van der Waals surface area contributed by atoms with Crippen molar-refractivity contribution in [1.82, 2.24) is 15.4 Å². The highest BCUT2D eigenvalue weighted by Gasteiger charge is 2.21. The first kappa shape index (κ1) is 17.5. The van der Waals surface area contributed by atoms with Crippen molar-refractivity contribution in [3.63, 3.8) is 0 Å². The number of rotatable bonds is 6. The molecule has 0 aliphatic heterocycles. The van der Waals surface area contributed by atoms with Crippen LogP contribution in [-0.2, 0) is 4.74 Å². The Balaban J connectivity index is 2.11. The average Bonchev–Trinajstić information content (AvgIpc) is 3.17. The molecule has 26 heavy (non-hydrogen) atoms. The fraction of sp³-hybridized carbons (Fsp3) is 0.211. The minimum atomic E-state index is -0.515. The van der Waals surface area contributed by atoms with Crippen LogP contribution in [-0.4, -0.2) is 42.2 Å². The van der Waals surface area contributed by atoms with E-state index < -0.39 is 5.97 Å². The SMILES string of the molecule is CCOC(=O)c1n[nH]nc1-c1ccccc1-c1ccc(OC)c(OC)c1. The zero-order valence-corrected chi connectivity index (χ0v) is 14.8. The number of H-pyrrole nitrogens is 1. The Morgan fingerprint density at radius 2 is 1.73 bits per heavy atom. The highest BCUT2D eigenvalue weighted by Crippen LogP contribution is 2.37. The van der Waals surface area contributed by atoms with Gasteiger partial charge in [0, 0.05) is 5.56 Å². The minimum Gasteiger partial charge on any atom is -0.493 e. The molecule has 0 aliphatic carbocycles. The van der Waals surface area contributed by atoms with Crippen LogP contribution in [0, 0.1) is 0 Å². The van der Waals surface area contributed by atoms with E-state index >= 15 is 0 Å². The van der Waals surface area contributed by atoms with Gasteiger partial charge >= 0.3 is 5.97 Å². The van der Waals surface area contributed by atoms with E-state index in [0.717, 1.165) is 16.7 Å². The molecule has 0 radical (unpaired) electrons. The Bertz CT molecular complexity index is 921. The highest BCUT2D eigenvalue weighted by atomic mass is 16.5. The number of nitrogens with one attached hydrogen (secondary N) is 1. The Kier molecular flexibility index (Phi) is 5.17. The van der Waals surface area contributed by atoms with Crippen LogP contribution in [0.25, 0.3) is 22.4 Å². The first-order valence-electron chi connectivity index (χ1n) is 8.09. The second kappa shape index (κ2) is 7.69. The Labute approximate surface area is 150 Å². The van der Waals surface area contributed by atoms with Gasteiger partial charge in [-0.15, -0.1) is 5.10 Å². The standard InChI is InChI=1S/C19H19N3O4/c1-4-26-19(23)18-17(20-22-21-18)14-8-6-5-7-13(14)12-9-10-15(24-2)16(11-12)25-3/h5-11H,4H2,1-3H3,(H,20,21,22). The lowest BCUT2D eigenvalue weighted by Crippen LogP contribution is -2.07. The molecule has 0 saturated carbocycles. The molecule has 7 heteroatoms. The van der Waals surface area contributed by atoms with Crippen molar-refractivity contribution in [2.45, 2.75) is 6.92 Å². The number of methoxy groups -OCH3 is 2. The number of aromatic nitrogens is 3. The molecular formula is C19H19N3O4. The molecule has 1 N–H and O–H groups in total. The molecule has 3 aromatic rings. The smallest absolute Gasteiger partial charge is 0.361 e. The molecule has 2 aromatic carbocycles. The number of esters is 1. The number of hydrogen-bond donors (Lipinski definition) is 1. The lowest BCUT2D eigenvalue weighted by molar-refractivity contribution is 0.0520. The third kappa shape index (κ3) is 3.23. The number of nitrogens with zero attached hydrogens (tertiary/aromatic N) is 2. The summed E-state index contributed by atoms with van der Waals surface area (Å²) in [4.78, 5) is 12.2. The maximum atomic E-state index is 12.2. The first-order valence-corrected chi connectivity index (χ1v) is 8.09. The van der Waals surface area contributed by atoms with Gasteiger partial charge in [0.05, 0.1) is 20.8 Å². The molecule has 7 nitrogen and oxygen atoms in total. The lowest BCUT2D eigenvalue weighted by Gasteiger charge is -2.12. The van der Waals surface area contributed by atoms with Gasteiger partial charge in [-0.05, 0) is 30.2 Å². The van der Waals surface area contributed by atoms with Crippen molar-refractivity contribution < 1.29 is 19.0 Å². The van der Waals surface area contributed by atoms with Crippen LogP contribution in [0.15, 0.2) is 42.5 Å². The lowest BCUT2D eigenvalue weighted by atomic mass is 9.96. The van der Waals surface area contributed by atoms with Gasteiger partial charge in [0.25, 0.3) is 0 Å². The molecule has 0 atom stereocenters. The summed E-state index contributed by atoms with van der Waals surface area (Å²) in [6.45, 7) is 2.01. The van der Waals surface area contributed by atoms with Gasteiger partial charge in [-0.1, -0.05) is 30.3 Å². The van der Waals surface area contributed by atoms with Crippen LogP contribution in [0.2, 0.25) is 0 Å². The number of carbonyl (C=O) groups is 1. The fourth-order valence-corrected chi connectivity index (χ4v) is 2.71. The van der Waals surface area contributed by atoms with Crippen molar-refractivity contribution in [1.29, 1.82) is 0 Å². The predicted molar refractivity (Wildman–Crippen MR) is 96.3 cm³/mol. The molecule has 1 heterocycles. The zero-order chi connectivity index (χ0) is 18.5. The van der Waals surface area contributed by atoms with Crippen LogP contribution in [0.1, 0.15) is 17.4 Å². The van der Waals surface area contributed by atoms with Crippen LogP contribution in [0.3, 0.4) is 0 Å². The quantitative estimate of drug-likeness (QED) is 0.684. The van der Waals surface area contributed by atoms with E-state index in [2.05, 4.69) is 15.4 Å². The van der Waals surface area contributed by atoms with Crippen LogP contribution >= 0.6 is 0 Å². The molecule has 0 fully saturated rings. The number of carbonyl (C=O) groups excluding carboxylic acids is 1.